The van der Waals surface area contributed by atoms with Crippen molar-refractivity contribution in [3.63, 3.8) is 0 Å². The molecule has 1 fully saturated rings. The second-order valence-electron chi connectivity index (χ2n) is 7.18. The van der Waals surface area contributed by atoms with Gasteiger partial charge in [0.15, 0.2) is 0 Å². The maximum atomic E-state index is 12.3. The minimum Gasteiger partial charge on any atom is -0.480 e. The first kappa shape index (κ1) is 22.2. The van der Waals surface area contributed by atoms with Crippen molar-refractivity contribution in [1.82, 2.24) is 15.5 Å². The lowest BCUT2D eigenvalue weighted by Crippen LogP contribution is -2.51. The van der Waals surface area contributed by atoms with Crippen LogP contribution >= 0.6 is 0 Å². The maximum absolute atomic E-state index is 12.3. The molecular formula is C16H26N4O7. The van der Waals surface area contributed by atoms with Crippen molar-refractivity contribution in [1.29, 1.82) is 0 Å². The molecule has 0 saturated carbocycles. The van der Waals surface area contributed by atoms with Crippen molar-refractivity contribution in [3.05, 3.63) is 0 Å². The van der Waals surface area contributed by atoms with E-state index >= 15 is 0 Å². The van der Waals surface area contributed by atoms with Crippen molar-refractivity contribution in [3.8, 4) is 0 Å². The molecule has 1 saturated heterocycles. The fourth-order valence-corrected chi connectivity index (χ4v) is 2.51. The van der Waals surface area contributed by atoms with E-state index in [4.69, 9.17) is 15.6 Å². The van der Waals surface area contributed by atoms with Crippen LogP contribution < -0.4 is 16.4 Å². The van der Waals surface area contributed by atoms with Crippen LogP contribution in [-0.2, 0) is 23.9 Å². The molecule has 4 amide bonds. The summed E-state index contributed by atoms with van der Waals surface area (Å²) in [6.45, 7) is 5.00. The molecule has 1 rings (SSSR count). The third-order valence-electron chi connectivity index (χ3n) is 3.65. The van der Waals surface area contributed by atoms with Crippen LogP contribution in [0.4, 0.5) is 4.79 Å². The van der Waals surface area contributed by atoms with Crippen LogP contribution in [0.2, 0.25) is 0 Å². The Bertz CT molecular complexity index is 614. The number of carboxylic acids is 1. The van der Waals surface area contributed by atoms with Crippen molar-refractivity contribution < 1.29 is 33.8 Å². The Morgan fingerprint density at radius 2 is 1.89 bits per heavy atom. The summed E-state index contributed by atoms with van der Waals surface area (Å²) >= 11 is 0. The van der Waals surface area contributed by atoms with Crippen LogP contribution in [0, 0.1) is 0 Å². The zero-order chi connectivity index (χ0) is 20.8. The fourth-order valence-electron chi connectivity index (χ4n) is 2.51. The average Bonchev–Trinajstić information content (AvgIpc) is 2.99. The van der Waals surface area contributed by atoms with Gasteiger partial charge in [-0.05, 0) is 33.6 Å². The zero-order valence-corrected chi connectivity index (χ0v) is 15.6. The van der Waals surface area contributed by atoms with E-state index in [0.717, 1.165) is 0 Å². The first-order chi connectivity index (χ1) is 12.4. The molecule has 2 atom stereocenters. The Balaban J connectivity index is 2.57. The number of rotatable bonds is 7. The van der Waals surface area contributed by atoms with E-state index in [1.54, 1.807) is 20.8 Å². The Morgan fingerprint density at radius 3 is 2.41 bits per heavy atom. The summed E-state index contributed by atoms with van der Waals surface area (Å²) in [6.07, 6.45) is -0.142. The van der Waals surface area contributed by atoms with Crippen LogP contribution in [0.15, 0.2) is 0 Å². The minimum absolute atomic E-state index is 0.360. The SMILES string of the molecule is CC(C)(C)OC(=O)N1CCC[C@H]1C(=O)NCC(=O)N[C@@H](CC(N)=O)C(=O)O. The van der Waals surface area contributed by atoms with Crippen molar-refractivity contribution in [2.24, 2.45) is 5.73 Å². The molecule has 0 unspecified atom stereocenters. The summed E-state index contributed by atoms with van der Waals surface area (Å²) < 4.78 is 5.26. The second-order valence-corrected chi connectivity index (χ2v) is 7.18. The van der Waals surface area contributed by atoms with Crippen molar-refractivity contribution in [2.75, 3.05) is 13.1 Å². The second kappa shape index (κ2) is 9.19. The minimum atomic E-state index is -1.48. The number of primary amides is 1. The van der Waals surface area contributed by atoms with E-state index in [1.807, 2.05) is 0 Å². The molecule has 0 radical (unpaired) electrons. The highest BCUT2D eigenvalue weighted by molar-refractivity contribution is 5.92. The smallest absolute Gasteiger partial charge is 0.410 e. The number of carbonyl (C=O) groups excluding carboxylic acids is 4. The molecule has 0 aliphatic carbocycles. The quantitative estimate of drug-likeness (QED) is 0.432. The number of carboxylic acid groups (broad SMARTS) is 1. The van der Waals surface area contributed by atoms with Crippen LogP contribution in [0.3, 0.4) is 0 Å². The van der Waals surface area contributed by atoms with Gasteiger partial charge in [0, 0.05) is 6.54 Å². The van der Waals surface area contributed by atoms with Gasteiger partial charge >= 0.3 is 12.1 Å². The molecule has 1 heterocycles. The number of amides is 4. The summed E-state index contributed by atoms with van der Waals surface area (Å²) in [5.74, 6) is -3.64. The molecule has 5 N–H and O–H groups in total. The number of aliphatic carboxylic acids is 1. The lowest BCUT2D eigenvalue weighted by molar-refractivity contribution is -0.143. The Morgan fingerprint density at radius 1 is 1.26 bits per heavy atom. The summed E-state index contributed by atoms with van der Waals surface area (Å²) in [7, 11) is 0. The molecule has 152 valence electrons. The number of nitrogens with zero attached hydrogens (tertiary/aromatic N) is 1. The zero-order valence-electron chi connectivity index (χ0n) is 15.6. The van der Waals surface area contributed by atoms with Gasteiger partial charge in [0.2, 0.25) is 17.7 Å². The number of ether oxygens (including phenoxy) is 1. The molecule has 0 aromatic carbocycles. The van der Waals surface area contributed by atoms with Crippen LogP contribution in [0.5, 0.6) is 0 Å². The summed E-state index contributed by atoms with van der Waals surface area (Å²) in [4.78, 5) is 59.4. The topological polar surface area (TPSA) is 168 Å². The third-order valence-corrected chi connectivity index (χ3v) is 3.65. The van der Waals surface area contributed by atoms with E-state index in [9.17, 15) is 24.0 Å². The van der Waals surface area contributed by atoms with Gasteiger partial charge in [0.1, 0.15) is 17.7 Å². The van der Waals surface area contributed by atoms with Crippen LogP contribution in [-0.4, -0.2) is 70.6 Å². The fraction of sp³-hybridized carbons (Fsp3) is 0.688. The van der Waals surface area contributed by atoms with E-state index in [1.165, 1.54) is 4.90 Å². The molecule has 11 heteroatoms. The predicted molar refractivity (Wildman–Crippen MR) is 92.3 cm³/mol. The number of hydrogen-bond donors (Lipinski definition) is 4. The number of hydrogen-bond acceptors (Lipinski definition) is 6. The predicted octanol–water partition coefficient (Wildman–Crippen LogP) is -1.05. The molecule has 11 nitrogen and oxygen atoms in total. The molecule has 0 aromatic heterocycles. The lowest BCUT2D eigenvalue weighted by Gasteiger charge is -2.28. The largest absolute Gasteiger partial charge is 0.480 e. The van der Waals surface area contributed by atoms with E-state index < -0.39 is 60.4 Å². The van der Waals surface area contributed by atoms with Gasteiger partial charge < -0.3 is 26.2 Å². The van der Waals surface area contributed by atoms with Crippen molar-refractivity contribution in [2.45, 2.75) is 57.7 Å². The Hall–Kier alpha value is -2.85. The molecule has 0 spiro atoms. The standard InChI is InChI=1S/C16H26N4O7/c1-16(2,3)27-15(26)20-6-4-5-10(20)13(23)18-8-12(22)19-9(14(24)25)7-11(17)21/h9-10H,4-8H2,1-3H3,(H2,17,21)(H,18,23)(H,19,22)(H,24,25)/t9-,10-/m0/s1. The average molecular weight is 386 g/mol. The number of nitrogens with one attached hydrogen (secondary N) is 2. The normalized spacial score (nSPS) is 17.7. The van der Waals surface area contributed by atoms with Crippen LogP contribution in [0.25, 0.3) is 0 Å². The van der Waals surface area contributed by atoms with Crippen molar-refractivity contribution >= 4 is 29.8 Å². The summed E-state index contributed by atoms with van der Waals surface area (Å²) in [6, 6.07) is -2.25. The number of nitrogens with two attached hydrogens (primary N) is 1. The highest BCUT2D eigenvalue weighted by Gasteiger charge is 2.36. The van der Waals surface area contributed by atoms with Gasteiger partial charge in [-0.2, -0.15) is 0 Å². The van der Waals surface area contributed by atoms with Gasteiger partial charge in [0.25, 0.3) is 0 Å². The van der Waals surface area contributed by atoms with E-state index in [-0.39, 0.29) is 0 Å². The van der Waals surface area contributed by atoms with E-state index in [0.29, 0.717) is 19.4 Å². The van der Waals surface area contributed by atoms with Gasteiger partial charge in [-0.15, -0.1) is 0 Å². The molecule has 1 aliphatic rings. The van der Waals surface area contributed by atoms with Gasteiger partial charge in [-0.3, -0.25) is 19.3 Å². The molecule has 1 aliphatic heterocycles. The summed E-state index contributed by atoms with van der Waals surface area (Å²) in [5.41, 5.74) is 4.22. The lowest BCUT2D eigenvalue weighted by atomic mass is 10.2. The van der Waals surface area contributed by atoms with Gasteiger partial charge in [-0.25, -0.2) is 9.59 Å². The summed E-state index contributed by atoms with van der Waals surface area (Å²) in [5, 5.41) is 13.4. The highest BCUT2D eigenvalue weighted by Crippen LogP contribution is 2.20. The maximum Gasteiger partial charge on any atom is 0.410 e. The molecular weight excluding hydrogens is 360 g/mol. The van der Waals surface area contributed by atoms with Gasteiger partial charge in [-0.1, -0.05) is 0 Å². The first-order valence-corrected chi connectivity index (χ1v) is 8.48. The molecule has 27 heavy (non-hydrogen) atoms. The monoisotopic (exact) mass is 386 g/mol. The highest BCUT2D eigenvalue weighted by atomic mass is 16.6. The number of carbonyl (C=O) groups is 5. The van der Waals surface area contributed by atoms with Gasteiger partial charge in [0.05, 0.1) is 13.0 Å². The Labute approximate surface area is 156 Å². The number of likely N-dealkylation sites (tertiary alicyclic amines) is 1. The molecule has 0 aromatic rings. The van der Waals surface area contributed by atoms with Crippen LogP contribution in [0.1, 0.15) is 40.0 Å². The first-order valence-electron chi connectivity index (χ1n) is 8.48. The third kappa shape index (κ3) is 7.50. The Kier molecular flexibility index (Phi) is 7.56. The van der Waals surface area contributed by atoms with E-state index in [2.05, 4.69) is 10.6 Å². The molecule has 0 bridgehead atoms.